The number of amides is 1. The molecular weight excluding hydrogens is 354 g/mol. The maximum Gasteiger partial charge on any atom is 0.255 e. The molecule has 0 spiro atoms. The average molecular weight is 376 g/mol. The van der Waals surface area contributed by atoms with Crippen LogP contribution >= 0.6 is 15.9 Å². The normalized spacial score (nSPS) is 10.7. The molecule has 0 fully saturated rings. The van der Waals surface area contributed by atoms with Gasteiger partial charge in [0.15, 0.2) is 0 Å². The fraction of sp³-hybridized carbons (Fsp3) is 0.333. The van der Waals surface area contributed by atoms with Gasteiger partial charge in [0.2, 0.25) is 0 Å². The Bertz CT molecular complexity index is 686. The number of hydrogen-bond acceptors (Lipinski definition) is 3. The lowest BCUT2D eigenvalue weighted by molar-refractivity contribution is 0.102. The molecule has 0 saturated heterocycles. The predicted molar refractivity (Wildman–Crippen MR) is 99.0 cm³/mol. The Labute approximate surface area is 145 Å². The van der Waals surface area contributed by atoms with Crippen molar-refractivity contribution in [3.05, 3.63) is 52.1 Å². The van der Waals surface area contributed by atoms with E-state index in [4.69, 9.17) is 0 Å². The summed E-state index contributed by atoms with van der Waals surface area (Å²) in [4.78, 5) is 16.6. The van der Waals surface area contributed by atoms with Gasteiger partial charge >= 0.3 is 0 Å². The number of benzene rings is 1. The lowest BCUT2D eigenvalue weighted by Crippen LogP contribution is -2.13. The second-order valence-corrected chi connectivity index (χ2v) is 6.81. The summed E-state index contributed by atoms with van der Waals surface area (Å²) in [5.74, 6) is 1.22. The van der Waals surface area contributed by atoms with Crippen molar-refractivity contribution in [1.82, 2.24) is 4.98 Å². The van der Waals surface area contributed by atoms with Crippen LogP contribution in [0, 0.1) is 12.8 Å². The molecule has 5 heteroatoms. The Hall–Kier alpha value is -1.88. The van der Waals surface area contributed by atoms with E-state index in [2.05, 4.69) is 45.4 Å². The third-order valence-corrected chi connectivity index (χ3v) is 4.33. The standard InChI is InChI=1S/C18H22BrN3O/c1-12(2)6-8-20-17-10-14(7-9-21-17)18(23)22-15-5-4-13(3)16(19)11-15/h4-5,7,9-12H,6,8H2,1-3H3,(H,20,21)(H,22,23). The number of carbonyl (C=O) groups excluding carboxylic acids is 1. The van der Waals surface area contributed by atoms with Crippen LogP contribution in [0.4, 0.5) is 11.5 Å². The first-order valence-electron chi connectivity index (χ1n) is 7.73. The van der Waals surface area contributed by atoms with E-state index in [0.29, 0.717) is 11.5 Å². The van der Waals surface area contributed by atoms with Gasteiger partial charge in [-0.2, -0.15) is 0 Å². The van der Waals surface area contributed by atoms with E-state index in [0.717, 1.165) is 34.5 Å². The predicted octanol–water partition coefficient (Wildman–Crippen LogP) is 4.86. The summed E-state index contributed by atoms with van der Waals surface area (Å²) in [6, 6.07) is 9.24. The van der Waals surface area contributed by atoms with Gasteiger partial charge in [-0.05, 0) is 49.1 Å². The van der Waals surface area contributed by atoms with Gasteiger partial charge in [0, 0.05) is 28.5 Å². The number of anilines is 2. The molecule has 1 heterocycles. The summed E-state index contributed by atoms with van der Waals surface area (Å²) in [6.45, 7) is 7.21. The summed E-state index contributed by atoms with van der Waals surface area (Å²) in [6.07, 6.45) is 2.72. The van der Waals surface area contributed by atoms with Gasteiger partial charge in [-0.1, -0.05) is 35.8 Å². The van der Waals surface area contributed by atoms with Crippen molar-refractivity contribution in [3.8, 4) is 0 Å². The molecule has 2 aromatic rings. The lowest BCUT2D eigenvalue weighted by atomic mass is 10.1. The molecule has 2 rings (SSSR count). The highest BCUT2D eigenvalue weighted by atomic mass is 79.9. The van der Waals surface area contributed by atoms with Crippen LogP contribution < -0.4 is 10.6 Å². The monoisotopic (exact) mass is 375 g/mol. The number of pyridine rings is 1. The van der Waals surface area contributed by atoms with Crippen molar-refractivity contribution in [2.75, 3.05) is 17.2 Å². The van der Waals surface area contributed by atoms with Crippen LogP contribution in [0.1, 0.15) is 36.2 Å². The number of aromatic nitrogens is 1. The second-order valence-electron chi connectivity index (χ2n) is 5.96. The molecule has 0 aliphatic carbocycles. The van der Waals surface area contributed by atoms with Gasteiger partial charge in [-0.15, -0.1) is 0 Å². The lowest BCUT2D eigenvalue weighted by Gasteiger charge is -2.10. The van der Waals surface area contributed by atoms with Crippen LogP contribution in [-0.4, -0.2) is 17.4 Å². The molecule has 2 N–H and O–H groups in total. The van der Waals surface area contributed by atoms with Crippen molar-refractivity contribution in [2.45, 2.75) is 27.2 Å². The van der Waals surface area contributed by atoms with Gasteiger partial charge in [0.1, 0.15) is 5.82 Å². The van der Waals surface area contributed by atoms with Crippen LogP contribution in [0.15, 0.2) is 41.0 Å². The Balaban J connectivity index is 2.02. The first-order chi connectivity index (χ1) is 11.0. The van der Waals surface area contributed by atoms with Gasteiger partial charge in [0.25, 0.3) is 5.91 Å². The summed E-state index contributed by atoms with van der Waals surface area (Å²) in [5.41, 5.74) is 2.48. The maximum atomic E-state index is 12.4. The Morgan fingerprint density at radius 3 is 2.74 bits per heavy atom. The minimum atomic E-state index is -0.143. The number of aryl methyl sites for hydroxylation is 1. The van der Waals surface area contributed by atoms with Crippen molar-refractivity contribution >= 4 is 33.3 Å². The Morgan fingerprint density at radius 2 is 2.04 bits per heavy atom. The van der Waals surface area contributed by atoms with Crippen LogP contribution in [0.25, 0.3) is 0 Å². The van der Waals surface area contributed by atoms with Gasteiger partial charge < -0.3 is 10.6 Å². The van der Waals surface area contributed by atoms with Crippen molar-refractivity contribution in [2.24, 2.45) is 5.92 Å². The molecule has 1 aromatic heterocycles. The van der Waals surface area contributed by atoms with Gasteiger partial charge in [0.05, 0.1) is 0 Å². The van der Waals surface area contributed by atoms with Crippen LogP contribution in [-0.2, 0) is 0 Å². The highest BCUT2D eigenvalue weighted by Gasteiger charge is 2.08. The average Bonchev–Trinajstić information content (AvgIpc) is 2.51. The number of rotatable bonds is 6. The zero-order valence-electron chi connectivity index (χ0n) is 13.7. The van der Waals surface area contributed by atoms with E-state index >= 15 is 0 Å². The highest BCUT2D eigenvalue weighted by Crippen LogP contribution is 2.21. The van der Waals surface area contributed by atoms with Crippen LogP contribution in [0.5, 0.6) is 0 Å². The zero-order chi connectivity index (χ0) is 16.8. The largest absolute Gasteiger partial charge is 0.370 e. The molecule has 0 saturated carbocycles. The van der Waals surface area contributed by atoms with Crippen LogP contribution in [0.3, 0.4) is 0 Å². The van der Waals surface area contributed by atoms with E-state index in [1.54, 1.807) is 18.3 Å². The molecule has 0 aliphatic rings. The highest BCUT2D eigenvalue weighted by molar-refractivity contribution is 9.10. The fourth-order valence-electron chi connectivity index (χ4n) is 2.03. The number of halogens is 1. The van der Waals surface area contributed by atoms with E-state index in [1.165, 1.54) is 0 Å². The number of nitrogens with zero attached hydrogens (tertiary/aromatic N) is 1. The molecule has 0 unspecified atom stereocenters. The molecule has 4 nitrogen and oxygen atoms in total. The zero-order valence-corrected chi connectivity index (χ0v) is 15.3. The second kappa shape index (κ2) is 8.11. The topological polar surface area (TPSA) is 54.0 Å². The molecular formula is C18H22BrN3O. The van der Waals surface area contributed by atoms with Crippen molar-refractivity contribution in [3.63, 3.8) is 0 Å². The number of nitrogens with one attached hydrogen (secondary N) is 2. The van der Waals surface area contributed by atoms with E-state index in [-0.39, 0.29) is 5.91 Å². The smallest absolute Gasteiger partial charge is 0.255 e. The van der Waals surface area contributed by atoms with Crippen molar-refractivity contribution in [1.29, 1.82) is 0 Å². The number of carbonyl (C=O) groups is 1. The molecule has 0 radical (unpaired) electrons. The van der Waals surface area contributed by atoms with Crippen molar-refractivity contribution < 1.29 is 4.79 Å². The Morgan fingerprint density at radius 1 is 1.26 bits per heavy atom. The summed E-state index contributed by atoms with van der Waals surface area (Å²) >= 11 is 3.47. The van der Waals surface area contributed by atoms with E-state index in [9.17, 15) is 4.79 Å². The number of hydrogen-bond donors (Lipinski definition) is 2. The van der Waals surface area contributed by atoms with Gasteiger partial charge in [-0.25, -0.2) is 4.98 Å². The molecule has 0 bridgehead atoms. The third-order valence-electron chi connectivity index (χ3n) is 3.48. The maximum absolute atomic E-state index is 12.4. The third kappa shape index (κ3) is 5.36. The first-order valence-corrected chi connectivity index (χ1v) is 8.52. The SMILES string of the molecule is Cc1ccc(NC(=O)c2ccnc(NCCC(C)C)c2)cc1Br. The summed E-state index contributed by atoms with van der Waals surface area (Å²) < 4.78 is 0.973. The minimum absolute atomic E-state index is 0.143. The minimum Gasteiger partial charge on any atom is -0.370 e. The van der Waals surface area contributed by atoms with E-state index in [1.807, 2.05) is 25.1 Å². The first kappa shape index (κ1) is 17.5. The fourth-order valence-corrected chi connectivity index (χ4v) is 2.41. The summed E-state index contributed by atoms with van der Waals surface area (Å²) in [7, 11) is 0. The molecule has 23 heavy (non-hydrogen) atoms. The molecule has 1 aromatic carbocycles. The van der Waals surface area contributed by atoms with Gasteiger partial charge in [-0.3, -0.25) is 4.79 Å². The Kier molecular flexibility index (Phi) is 6.16. The quantitative estimate of drug-likeness (QED) is 0.757. The molecule has 0 aliphatic heterocycles. The molecule has 1 amide bonds. The van der Waals surface area contributed by atoms with Crippen LogP contribution in [0.2, 0.25) is 0 Å². The molecule has 122 valence electrons. The van der Waals surface area contributed by atoms with E-state index < -0.39 is 0 Å². The summed E-state index contributed by atoms with van der Waals surface area (Å²) in [5, 5.41) is 6.16. The molecule has 0 atom stereocenters.